The van der Waals surface area contributed by atoms with Gasteiger partial charge in [0.25, 0.3) is 0 Å². The SMILES string of the molecule is Brc1c2ccccc2c(-c2cccc(-c3cccc4ccccc34)c2)c2ccccc12. The van der Waals surface area contributed by atoms with E-state index in [1.54, 1.807) is 0 Å². The van der Waals surface area contributed by atoms with Gasteiger partial charge in [-0.05, 0) is 76.6 Å². The lowest BCUT2D eigenvalue weighted by Gasteiger charge is -2.15. The summed E-state index contributed by atoms with van der Waals surface area (Å²) in [5.74, 6) is 0. The normalized spacial score (nSPS) is 11.4. The fraction of sp³-hybridized carbons (Fsp3) is 0. The minimum Gasteiger partial charge on any atom is -0.0616 e. The molecule has 31 heavy (non-hydrogen) atoms. The Kier molecular flexibility index (Phi) is 4.36. The first-order valence-electron chi connectivity index (χ1n) is 10.5. The Morgan fingerprint density at radius 2 is 0.935 bits per heavy atom. The van der Waals surface area contributed by atoms with Gasteiger partial charge in [-0.15, -0.1) is 0 Å². The van der Waals surface area contributed by atoms with E-state index < -0.39 is 0 Å². The van der Waals surface area contributed by atoms with Crippen LogP contribution in [-0.2, 0) is 0 Å². The Bertz CT molecular complexity index is 1530. The first-order valence-corrected chi connectivity index (χ1v) is 11.3. The summed E-state index contributed by atoms with van der Waals surface area (Å²) in [5.41, 5.74) is 5.04. The van der Waals surface area contributed by atoms with Crippen molar-refractivity contribution < 1.29 is 0 Å². The lowest BCUT2D eigenvalue weighted by atomic mass is 9.90. The van der Waals surface area contributed by atoms with Gasteiger partial charge in [0, 0.05) is 4.47 Å². The number of hydrogen-bond acceptors (Lipinski definition) is 0. The average Bonchev–Trinajstić information content (AvgIpc) is 2.84. The maximum Gasteiger partial charge on any atom is 0.0332 e. The fourth-order valence-electron chi connectivity index (χ4n) is 4.71. The van der Waals surface area contributed by atoms with Crippen molar-refractivity contribution >= 4 is 48.2 Å². The molecular weight excluding hydrogens is 440 g/mol. The molecule has 0 aliphatic carbocycles. The van der Waals surface area contributed by atoms with Crippen LogP contribution in [0.2, 0.25) is 0 Å². The molecule has 0 N–H and O–H groups in total. The summed E-state index contributed by atoms with van der Waals surface area (Å²) in [4.78, 5) is 0. The Balaban J connectivity index is 1.67. The summed E-state index contributed by atoms with van der Waals surface area (Å²) in [6.45, 7) is 0. The second-order valence-electron chi connectivity index (χ2n) is 7.89. The third-order valence-electron chi connectivity index (χ3n) is 6.12. The second-order valence-corrected chi connectivity index (χ2v) is 8.68. The molecule has 6 rings (SSSR count). The predicted molar refractivity (Wildman–Crippen MR) is 138 cm³/mol. The summed E-state index contributed by atoms with van der Waals surface area (Å²) < 4.78 is 1.16. The molecule has 0 heterocycles. The Hall–Kier alpha value is -3.42. The summed E-state index contributed by atoms with van der Waals surface area (Å²) in [6, 6.07) is 41.4. The predicted octanol–water partition coefficient (Wildman–Crippen LogP) is 9.24. The Morgan fingerprint density at radius 3 is 1.65 bits per heavy atom. The van der Waals surface area contributed by atoms with Crippen LogP contribution >= 0.6 is 15.9 Å². The molecule has 1 heteroatoms. The maximum absolute atomic E-state index is 3.87. The minimum atomic E-state index is 1.16. The van der Waals surface area contributed by atoms with Gasteiger partial charge in [0.2, 0.25) is 0 Å². The molecule has 0 radical (unpaired) electrons. The van der Waals surface area contributed by atoms with E-state index in [0.29, 0.717) is 0 Å². The summed E-state index contributed by atoms with van der Waals surface area (Å²) in [5, 5.41) is 7.57. The van der Waals surface area contributed by atoms with Crippen LogP contribution in [0.25, 0.3) is 54.6 Å². The molecule has 146 valence electrons. The van der Waals surface area contributed by atoms with E-state index >= 15 is 0 Å². The quantitative estimate of drug-likeness (QED) is 0.226. The molecule has 0 aromatic heterocycles. The minimum absolute atomic E-state index is 1.16. The van der Waals surface area contributed by atoms with Crippen molar-refractivity contribution in [1.29, 1.82) is 0 Å². The molecule has 6 aromatic rings. The van der Waals surface area contributed by atoms with Crippen LogP contribution in [0, 0.1) is 0 Å². The van der Waals surface area contributed by atoms with Gasteiger partial charge in [-0.2, -0.15) is 0 Å². The van der Waals surface area contributed by atoms with Crippen molar-refractivity contribution in [2.75, 3.05) is 0 Å². The number of hydrogen-bond donors (Lipinski definition) is 0. The highest BCUT2D eigenvalue weighted by Crippen LogP contribution is 2.42. The molecule has 0 atom stereocenters. The third-order valence-corrected chi connectivity index (χ3v) is 6.97. The van der Waals surface area contributed by atoms with Crippen molar-refractivity contribution in [3.05, 3.63) is 120 Å². The van der Waals surface area contributed by atoms with Crippen molar-refractivity contribution in [1.82, 2.24) is 0 Å². The highest BCUT2D eigenvalue weighted by Gasteiger charge is 2.14. The topological polar surface area (TPSA) is 0 Å². The number of halogens is 1. The van der Waals surface area contributed by atoms with Crippen LogP contribution in [0.3, 0.4) is 0 Å². The van der Waals surface area contributed by atoms with E-state index in [1.165, 1.54) is 54.6 Å². The largest absolute Gasteiger partial charge is 0.0616 e. The molecule has 0 unspecified atom stereocenters. The van der Waals surface area contributed by atoms with Crippen LogP contribution in [0.4, 0.5) is 0 Å². The zero-order valence-corrected chi connectivity index (χ0v) is 18.4. The number of fused-ring (bicyclic) bond motifs is 3. The molecule has 0 amide bonds. The number of benzene rings is 6. The van der Waals surface area contributed by atoms with Gasteiger partial charge in [-0.1, -0.05) is 109 Å². The van der Waals surface area contributed by atoms with Crippen molar-refractivity contribution in [2.24, 2.45) is 0 Å². The van der Waals surface area contributed by atoms with Crippen LogP contribution in [0.15, 0.2) is 120 Å². The highest BCUT2D eigenvalue weighted by atomic mass is 79.9. The van der Waals surface area contributed by atoms with E-state index in [2.05, 4.69) is 131 Å². The van der Waals surface area contributed by atoms with Gasteiger partial charge < -0.3 is 0 Å². The number of rotatable bonds is 2. The van der Waals surface area contributed by atoms with Crippen LogP contribution in [0.1, 0.15) is 0 Å². The van der Waals surface area contributed by atoms with E-state index in [-0.39, 0.29) is 0 Å². The second kappa shape index (κ2) is 7.37. The standard InChI is InChI=1S/C30H19Br/c31-30-27-16-5-3-14-25(27)29(26-15-4-6-17-28(26)30)22-12-7-11-21(19-22)24-18-8-10-20-9-1-2-13-23(20)24/h1-19H. The van der Waals surface area contributed by atoms with E-state index in [0.717, 1.165) is 4.47 Å². The van der Waals surface area contributed by atoms with Crippen molar-refractivity contribution in [2.45, 2.75) is 0 Å². The molecule has 0 bridgehead atoms. The summed E-state index contributed by atoms with van der Waals surface area (Å²) in [7, 11) is 0. The van der Waals surface area contributed by atoms with Gasteiger partial charge >= 0.3 is 0 Å². The van der Waals surface area contributed by atoms with Gasteiger partial charge in [0.05, 0.1) is 0 Å². The molecule has 6 aromatic carbocycles. The molecule has 0 saturated carbocycles. The van der Waals surface area contributed by atoms with Crippen LogP contribution in [0.5, 0.6) is 0 Å². The molecule has 0 fully saturated rings. The smallest absolute Gasteiger partial charge is 0.0332 e. The lowest BCUT2D eigenvalue weighted by molar-refractivity contribution is 1.63. The monoisotopic (exact) mass is 458 g/mol. The molecule has 0 nitrogen and oxygen atoms in total. The third kappa shape index (κ3) is 2.97. The van der Waals surface area contributed by atoms with Gasteiger partial charge in [0.1, 0.15) is 0 Å². The molecule has 0 saturated heterocycles. The lowest BCUT2D eigenvalue weighted by Crippen LogP contribution is -1.88. The Morgan fingerprint density at radius 1 is 0.419 bits per heavy atom. The first-order chi connectivity index (χ1) is 15.3. The van der Waals surface area contributed by atoms with Crippen LogP contribution < -0.4 is 0 Å². The van der Waals surface area contributed by atoms with Crippen LogP contribution in [-0.4, -0.2) is 0 Å². The molecular formula is C30H19Br. The molecule has 0 spiro atoms. The zero-order valence-electron chi connectivity index (χ0n) is 16.8. The van der Waals surface area contributed by atoms with Crippen molar-refractivity contribution in [3.63, 3.8) is 0 Å². The van der Waals surface area contributed by atoms with Gasteiger partial charge in [-0.3, -0.25) is 0 Å². The zero-order chi connectivity index (χ0) is 20.8. The molecule has 0 aliphatic heterocycles. The van der Waals surface area contributed by atoms with Gasteiger partial charge in [0.15, 0.2) is 0 Å². The van der Waals surface area contributed by atoms with Crippen molar-refractivity contribution in [3.8, 4) is 22.3 Å². The van der Waals surface area contributed by atoms with E-state index in [4.69, 9.17) is 0 Å². The average molecular weight is 459 g/mol. The van der Waals surface area contributed by atoms with Gasteiger partial charge in [-0.25, -0.2) is 0 Å². The Labute approximate surface area is 189 Å². The summed E-state index contributed by atoms with van der Waals surface area (Å²) >= 11 is 3.87. The summed E-state index contributed by atoms with van der Waals surface area (Å²) in [6.07, 6.45) is 0. The molecule has 0 aliphatic rings. The highest BCUT2D eigenvalue weighted by molar-refractivity contribution is 9.10. The fourth-order valence-corrected chi connectivity index (χ4v) is 5.40. The maximum atomic E-state index is 3.87. The van der Waals surface area contributed by atoms with E-state index in [1.807, 2.05) is 0 Å². The van der Waals surface area contributed by atoms with E-state index in [9.17, 15) is 0 Å². The first kappa shape index (κ1) is 18.4.